The molecule has 1 saturated heterocycles. The van der Waals surface area contributed by atoms with Gasteiger partial charge in [-0.25, -0.2) is 4.98 Å². The maximum absolute atomic E-state index is 5.98. The highest BCUT2D eigenvalue weighted by molar-refractivity contribution is 7.80. The Bertz CT molecular complexity index is 885. The molecule has 0 spiro atoms. The average Bonchev–Trinajstić information content (AvgIpc) is 3.12. The zero-order valence-corrected chi connectivity index (χ0v) is 15.0. The van der Waals surface area contributed by atoms with Crippen molar-refractivity contribution in [1.29, 1.82) is 0 Å². The highest BCUT2D eigenvalue weighted by Crippen LogP contribution is 2.31. The summed E-state index contributed by atoms with van der Waals surface area (Å²) in [5.74, 6) is 0.748. The molecule has 1 aliphatic rings. The summed E-state index contributed by atoms with van der Waals surface area (Å²) < 4.78 is 11.4. The summed E-state index contributed by atoms with van der Waals surface area (Å²) >= 11 is 5.75. The van der Waals surface area contributed by atoms with Crippen molar-refractivity contribution in [2.75, 3.05) is 26.3 Å². The highest BCUT2D eigenvalue weighted by atomic mass is 32.1. The molecule has 128 valence electrons. The maximum Gasteiger partial charge on any atom is 0.227 e. The number of hydrogen-bond donors (Lipinski definition) is 0. The van der Waals surface area contributed by atoms with Gasteiger partial charge in [0.1, 0.15) is 5.52 Å². The lowest BCUT2D eigenvalue weighted by Crippen LogP contribution is -2.41. The van der Waals surface area contributed by atoms with Crippen molar-refractivity contribution in [3.63, 3.8) is 0 Å². The number of thiocarbonyl (C=S) groups is 1. The van der Waals surface area contributed by atoms with E-state index in [0.717, 1.165) is 53.5 Å². The van der Waals surface area contributed by atoms with E-state index in [0.29, 0.717) is 5.89 Å². The lowest BCUT2D eigenvalue weighted by Gasteiger charge is -2.32. The molecule has 2 aromatic carbocycles. The smallest absolute Gasteiger partial charge is 0.227 e. The van der Waals surface area contributed by atoms with Gasteiger partial charge in [0, 0.05) is 24.6 Å². The van der Waals surface area contributed by atoms with Gasteiger partial charge in [-0.3, -0.25) is 0 Å². The third-order valence-corrected chi connectivity index (χ3v) is 5.24. The first-order valence-corrected chi connectivity index (χ1v) is 8.96. The minimum atomic E-state index is 0.102. The van der Waals surface area contributed by atoms with Crippen molar-refractivity contribution in [2.24, 2.45) is 0 Å². The second kappa shape index (κ2) is 6.94. The largest absolute Gasteiger partial charge is 0.436 e. The monoisotopic (exact) mass is 352 g/mol. The van der Waals surface area contributed by atoms with E-state index in [1.807, 2.05) is 42.5 Å². The first-order chi connectivity index (χ1) is 12.2. The average molecular weight is 352 g/mol. The van der Waals surface area contributed by atoms with Crippen molar-refractivity contribution in [2.45, 2.75) is 12.8 Å². The Labute approximate surface area is 152 Å². The molecule has 0 aliphatic carbocycles. The second-order valence-corrected chi connectivity index (χ2v) is 6.66. The molecule has 0 amide bonds. The van der Waals surface area contributed by atoms with E-state index in [9.17, 15) is 0 Å². The summed E-state index contributed by atoms with van der Waals surface area (Å²) in [4.78, 5) is 7.94. The number of hydrogen-bond acceptors (Lipinski definition) is 4. The first kappa shape index (κ1) is 16.2. The lowest BCUT2D eigenvalue weighted by molar-refractivity contribution is 0.0680. The number of ether oxygens (including phenoxy) is 1. The fraction of sp³-hybridized carbons (Fsp3) is 0.300. The normalized spacial score (nSPS) is 16.1. The number of oxazole rings is 1. The number of rotatable bonds is 3. The van der Waals surface area contributed by atoms with Gasteiger partial charge in [0.05, 0.1) is 18.2 Å². The van der Waals surface area contributed by atoms with E-state index < -0.39 is 0 Å². The number of para-hydroxylation sites is 1. The Morgan fingerprint density at radius 3 is 2.60 bits per heavy atom. The zero-order chi connectivity index (χ0) is 17.2. The van der Waals surface area contributed by atoms with Crippen LogP contribution in [0.5, 0.6) is 0 Å². The van der Waals surface area contributed by atoms with Gasteiger partial charge in [-0.2, -0.15) is 0 Å². The fourth-order valence-corrected chi connectivity index (χ4v) is 3.52. The topological polar surface area (TPSA) is 38.5 Å². The van der Waals surface area contributed by atoms with E-state index in [1.54, 1.807) is 0 Å². The minimum absolute atomic E-state index is 0.102. The molecular weight excluding hydrogens is 332 g/mol. The van der Waals surface area contributed by atoms with Crippen LogP contribution in [0.1, 0.15) is 18.4 Å². The Balaban J connectivity index is 1.69. The Kier molecular flexibility index (Phi) is 4.51. The molecule has 0 saturated carbocycles. The first-order valence-electron chi connectivity index (χ1n) is 8.55. The van der Waals surface area contributed by atoms with Crippen molar-refractivity contribution < 1.29 is 9.15 Å². The van der Waals surface area contributed by atoms with E-state index in [-0.39, 0.29) is 5.92 Å². The molecule has 5 heteroatoms. The van der Waals surface area contributed by atoms with Crippen molar-refractivity contribution >= 4 is 28.3 Å². The molecule has 1 unspecified atom stereocenters. The van der Waals surface area contributed by atoms with Crippen LogP contribution in [0, 0.1) is 0 Å². The van der Waals surface area contributed by atoms with Crippen LogP contribution in [-0.4, -0.2) is 41.2 Å². The van der Waals surface area contributed by atoms with Gasteiger partial charge in [-0.15, -0.1) is 0 Å². The van der Waals surface area contributed by atoms with Gasteiger partial charge in [0.2, 0.25) is 5.89 Å². The molecule has 0 radical (unpaired) electrons. The van der Waals surface area contributed by atoms with E-state index in [1.165, 1.54) is 0 Å². The standard InChI is InChI=1S/C20H20N2O2S/c1-14(20(25)22-10-12-23-13-11-22)16-8-5-9-17-18(16)21-19(24-17)15-6-3-2-4-7-15/h2-9,14H,10-13H2,1H3. The summed E-state index contributed by atoms with van der Waals surface area (Å²) in [7, 11) is 0. The van der Waals surface area contributed by atoms with E-state index in [2.05, 4.69) is 17.9 Å². The van der Waals surface area contributed by atoms with Gasteiger partial charge >= 0.3 is 0 Å². The molecule has 1 aromatic heterocycles. The van der Waals surface area contributed by atoms with Crippen LogP contribution in [0.25, 0.3) is 22.6 Å². The summed E-state index contributed by atoms with van der Waals surface area (Å²) in [5.41, 5.74) is 3.78. The number of aromatic nitrogens is 1. The molecular formula is C20H20N2O2S. The van der Waals surface area contributed by atoms with Gasteiger partial charge in [0.15, 0.2) is 5.58 Å². The molecule has 2 heterocycles. The fourth-order valence-electron chi connectivity index (χ4n) is 3.21. The highest BCUT2D eigenvalue weighted by Gasteiger charge is 2.23. The van der Waals surface area contributed by atoms with Gasteiger partial charge < -0.3 is 14.1 Å². The second-order valence-electron chi connectivity index (χ2n) is 6.24. The molecule has 3 aromatic rings. The van der Waals surface area contributed by atoms with Crippen molar-refractivity contribution in [1.82, 2.24) is 9.88 Å². The predicted octanol–water partition coefficient (Wildman–Crippen LogP) is 4.26. The van der Waals surface area contributed by atoms with Crippen LogP contribution in [0.3, 0.4) is 0 Å². The summed E-state index contributed by atoms with van der Waals surface area (Å²) in [6.45, 7) is 5.32. The van der Waals surface area contributed by atoms with Crippen LogP contribution >= 0.6 is 12.2 Å². The molecule has 4 rings (SSSR count). The SMILES string of the molecule is CC(C(=S)N1CCOCC1)c1cccc2oc(-c3ccccc3)nc12. The summed E-state index contributed by atoms with van der Waals surface area (Å²) in [6.07, 6.45) is 0. The molecule has 1 fully saturated rings. The van der Waals surface area contributed by atoms with E-state index >= 15 is 0 Å². The molecule has 0 bridgehead atoms. The van der Waals surface area contributed by atoms with E-state index in [4.69, 9.17) is 26.4 Å². The molecule has 25 heavy (non-hydrogen) atoms. The molecule has 4 nitrogen and oxygen atoms in total. The quantitative estimate of drug-likeness (QED) is 0.659. The summed E-state index contributed by atoms with van der Waals surface area (Å²) in [5, 5.41) is 0. The van der Waals surface area contributed by atoms with Gasteiger partial charge in [0.25, 0.3) is 0 Å². The number of nitrogens with zero attached hydrogens (tertiary/aromatic N) is 2. The third-order valence-electron chi connectivity index (χ3n) is 4.63. The number of benzene rings is 2. The van der Waals surface area contributed by atoms with Crippen molar-refractivity contribution in [3.8, 4) is 11.5 Å². The van der Waals surface area contributed by atoms with Gasteiger partial charge in [-0.1, -0.05) is 49.5 Å². The van der Waals surface area contributed by atoms with Crippen LogP contribution in [0.2, 0.25) is 0 Å². The maximum atomic E-state index is 5.98. The Morgan fingerprint density at radius 2 is 1.84 bits per heavy atom. The Morgan fingerprint density at radius 1 is 1.08 bits per heavy atom. The van der Waals surface area contributed by atoms with Crippen LogP contribution in [-0.2, 0) is 4.74 Å². The van der Waals surface area contributed by atoms with Crippen molar-refractivity contribution in [3.05, 3.63) is 54.1 Å². The van der Waals surface area contributed by atoms with Crippen LogP contribution in [0.15, 0.2) is 52.9 Å². The molecule has 0 N–H and O–H groups in total. The molecule has 1 aliphatic heterocycles. The summed E-state index contributed by atoms with van der Waals surface area (Å²) in [6, 6.07) is 16.0. The Hall–Kier alpha value is -2.24. The van der Waals surface area contributed by atoms with Crippen LogP contribution in [0.4, 0.5) is 0 Å². The van der Waals surface area contributed by atoms with Crippen LogP contribution < -0.4 is 0 Å². The number of morpholine rings is 1. The zero-order valence-electron chi connectivity index (χ0n) is 14.1. The number of fused-ring (bicyclic) bond motifs is 1. The molecule has 1 atom stereocenters. The predicted molar refractivity (Wildman–Crippen MR) is 103 cm³/mol. The third kappa shape index (κ3) is 3.17. The van der Waals surface area contributed by atoms with Gasteiger partial charge in [-0.05, 0) is 23.8 Å². The minimum Gasteiger partial charge on any atom is -0.436 e. The lowest BCUT2D eigenvalue weighted by atomic mass is 9.99.